The van der Waals surface area contributed by atoms with Crippen molar-refractivity contribution < 1.29 is 8.42 Å². The molecule has 0 radical (unpaired) electrons. The Morgan fingerprint density at radius 2 is 1.90 bits per heavy atom. The highest BCUT2D eigenvalue weighted by Gasteiger charge is 2.19. The van der Waals surface area contributed by atoms with Crippen LogP contribution < -0.4 is 10.5 Å². The van der Waals surface area contributed by atoms with Crippen molar-refractivity contribution in [1.29, 1.82) is 0 Å². The molecule has 0 bridgehead atoms. The van der Waals surface area contributed by atoms with Gasteiger partial charge in [-0.2, -0.15) is 0 Å². The lowest BCUT2D eigenvalue weighted by Crippen LogP contribution is -2.16. The summed E-state index contributed by atoms with van der Waals surface area (Å²) in [5.41, 5.74) is 1.13. The lowest BCUT2D eigenvalue weighted by Gasteiger charge is -2.22. The Hall–Kier alpha value is -1.44. The maximum Gasteiger partial charge on any atom is 0.249 e. The lowest BCUT2D eigenvalue weighted by atomic mass is 9.96. The van der Waals surface area contributed by atoms with Crippen molar-refractivity contribution in [2.75, 3.05) is 5.32 Å². The van der Waals surface area contributed by atoms with Gasteiger partial charge in [0.05, 0.1) is 12.2 Å². The molecule has 0 aliphatic rings. The highest BCUT2D eigenvalue weighted by Crippen LogP contribution is 2.29. The van der Waals surface area contributed by atoms with Crippen LogP contribution in [-0.2, 0) is 10.0 Å². The average Bonchev–Trinajstić information content (AvgIpc) is 2.85. The number of nitrogens with zero attached hydrogens (tertiary/aromatic N) is 1. The van der Waals surface area contributed by atoms with Crippen molar-refractivity contribution in [1.82, 2.24) is 4.98 Å². The third-order valence-corrected chi connectivity index (χ3v) is 5.21. The van der Waals surface area contributed by atoms with Gasteiger partial charge >= 0.3 is 0 Å². The third kappa shape index (κ3) is 3.56. The quantitative estimate of drug-likeness (QED) is 0.889. The van der Waals surface area contributed by atoms with Crippen molar-refractivity contribution in [3.63, 3.8) is 0 Å². The molecule has 1 unspecified atom stereocenters. The fourth-order valence-electron chi connectivity index (χ4n) is 1.89. The van der Waals surface area contributed by atoms with Gasteiger partial charge in [0.2, 0.25) is 10.0 Å². The van der Waals surface area contributed by atoms with Crippen molar-refractivity contribution in [3.8, 4) is 0 Å². The van der Waals surface area contributed by atoms with Crippen molar-refractivity contribution in [2.45, 2.75) is 24.1 Å². The second-order valence-electron chi connectivity index (χ2n) is 4.81. The molecular formula is C13H17N3O2S2. The van der Waals surface area contributed by atoms with E-state index in [0.717, 1.165) is 16.9 Å². The zero-order valence-corrected chi connectivity index (χ0v) is 12.9. The monoisotopic (exact) mass is 311 g/mol. The molecule has 20 heavy (non-hydrogen) atoms. The molecule has 0 saturated heterocycles. The molecule has 0 fully saturated rings. The SMILES string of the molecule is CC(C)C(Nc1ncc(S(N)(=O)=O)s1)c1ccccc1. The standard InChI is InChI=1S/C13H17N3O2S2/c1-9(2)12(10-6-4-3-5-7-10)16-13-15-8-11(19-13)20(14,17)18/h3-9,12H,1-2H3,(H,15,16)(H2,14,17,18). The minimum atomic E-state index is -3.69. The first-order chi connectivity index (χ1) is 9.38. The van der Waals surface area contributed by atoms with Gasteiger partial charge in [0, 0.05) is 0 Å². The van der Waals surface area contributed by atoms with E-state index in [1.807, 2.05) is 30.3 Å². The van der Waals surface area contributed by atoms with Crippen LogP contribution in [0.5, 0.6) is 0 Å². The molecule has 0 saturated carbocycles. The second-order valence-corrected chi connectivity index (χ2v) is 7.63. The predicted octanol–water partition coefficient (Wildman–Crippen LogP) is 2.60. The topological polar surface area (TPSA) is 85.1 Å². The van der Waals surface area contributed by atoms with Gasteiger partial charge in [-0.3, -0.25) is 0 Å². The van der Waals surface area contributed by atoms with E-state index in [-0.39, 0.29) is 10.3 Å². The molecule has 3 N–H and O–H groups in total. The van der Waals surface area contributed by atoms with E-state index in [2.05, 4.69) is 24.1 Å². The third-order valence-electron chi connectivity index (χ3n) is 2.87. The number of nitrogens with one attached hydrogen (secondary N) is 1. The number of aromatic nitrogens is 1. The number of sulfonamides is 1. The summed E-state index contributed by atoms with van der Waals surface area (Å²) in [7, 11) is -3.69. The number of primary sulfonamides is 1. The summed E-state index contributed by atoms with van der Waals surface area (Å²) in [6.45, 7) is 4.19. The minimum Gasteiger partial charge on any atom is -0.354 e. The van der Waals surface area contributed by atoms with E-state index in [4.69, 9.17) is 5.14 Å². The first-order valence-electron chi connectivity index (χ1n) is 6.18. The molecule has 108 valence electrons. The van der Waals surface area contributed by atoms with Gasteiger partial charge in [-0.25, -0.2) is 18.5 Å². The number of thiazole rings is 1. The Labute approximate surface area is 122 Å². The van der Waals surface area contributed by atoms with Crippen LogP contribution in [0.2, 0.25) is 0 Å². The summed E-state index contributed by atoms with van der Waals surface area (Å²) in [5, 5.41) is 8.91. The van der Waals surface area contributed by atoms with Crippen LogP contribution in [0.1, 0.15) is 25.5 Å². The smallest absolute Gasteiger partial charge is 0.249 e. The van der Waals surface area contributed by atoms with Gasteiger partial charge in [-0.1, -0.05) is 55.5 Å². The summed E-state index contributed by atoms with van der Waals surface area (Å²) in [6, 6.07) is 10.0. The second kappa shape index (κ2) is 5.90. The maximum atomic E-state index is 11.3. The zero-order chi connectivity index (χ0) is 14.8. The highest BCUT2D eigenvalue weighted by molar-refractivity contribution is 7.91. The first kappa shape index (κ1) is 15.0. The van der Waals surface area contributed by atoms with E-state index in [0.29, 0.717) is 11.0 Å². The number of benzene rings is 1. The number of hydrogen-bond acceptors (Lipinski definition) is 5. The van der Waals surface area contributed by atoms with Gasteiger partial charge in [0.1, 0.15) is 0 Å². The zero-order valence-electron chi connectivity index (χ0n) is 11.3. The highest BCUT2D eigenvalue weighted by atomic mass is 32.2. The average molecular weight is 311 g/mol. The summed E-state index contributed by atoms with van der Waals surface area (Å²) >= 11 is 1.05. The van der Waals surface area contributed by atoms with E-state index < -0.39 is 10.0 Å². The molecule has 2 aromatic rings. The van der Waals surface area contributed by atoms with Crippen LogP contribution in [0.4, 0.5) is 5.13 Å². The molecule has 7 heteroatoms. The van der Waals surface area contributed by atoms with Gasteiger partial charge in [0.25, 0.3) is 0 Å². The van der Waals surface area contributed by atoms with Gasteiger partial charge < -0.3 is 5.32 Å². The Kier molecular flexibility index (Phi) is 4.42. The fourth-order valence-corrected chi connectivity index (χ4v) is 3.37. The number of rotatable bonds is 5. The lowest BCUT2D eigenvalue weighted by molar-refractivity contribution is 0.546. The molecule has 1 aromatic carbocycles. The van der Waals surface area contributed by atoms with Crippen LogP contribution in [-0.4, -0.2) is 13.4 Å². The molecule has 5 nitrogen and oxygen atoms in total. The molecule has 0 aliphatic carbocycles. The van der Waals surface area contributed by atoms with E-state index in [9.17, 15) is 8.42 Å². The molecule has 1 atom stereocenters. The van der Waals surface area contributed by atoms with Crippen molar-refractivity contribution >= 4 is 26.5 Å². The Bertz CT molecular complexity index is 666. The summed E-state index contributed by atoms with van der Waals surface area (Å²) < 4.78 is 22.6. The Morgan fingerprint density at radius 3 is 2.40 bits per heavy atom. The molecule has 0 spiro atoms. The van der Waals surface area contributed by atoms with Crippen molar-refractivity contribution in [2.24, 2.45) is 11.1 Å². The van der Waals surface area contributed by atoms with E-state index in [1.54, 1.807) is 0 Å². The van der Waals surface area contributed by atoms with Gasteiger partial charge in [-0.15, -0.1) is 0 Å². The van der Waals surface area contributed by atoms with Crippen LogP contribution >= 0.6 is 11.3 Å². The van der Waals surface area contributed by atoms with Crippen LogP contribution in [0.25, 0.3) is 0 Å². The number of nitrogens with two attached hydrogens (primary N) is 1. The fraction of sp³-hybridized carbons (Fsp3) is 0.308. The number of anilines is 1. The van der Waals surface area contributed by atoms with Gasteiger partial charge in [-0.05, 0) is 11.5 Å². The summed E-state index contributed by atoms with van der Waals surface area (Å²) in [5.74, 6) is 0.333. The largest absolute Gasteiger partial charge is 0.354 e. The molecular weight excluding hydrogens is 294 g/mol. The van der Waals surface area contributed by atoms with E-state index >= 15 is 0 Å². The molecule has 1 heterocycles. The normalized spacial score (nSPS) is 13.4. The molecule has 2 rings (SSSR count). The summed E-state index contributed by atoms with van der Waals surface area (Å²) in [6.07, 6.45) is 1.28. The number of hydrogen-bond donors (Lipinski definition) is 2. The van der Waals surface area contributed by atoms with Crippen LogP contribution in [0.15, 0.2) is 40.7 Å². The van der Waals surface area contributed by atoms with Crippen molar-refractivity contribution in [3.05, 3.63) is 42.1 Å². The molecule has 0 amide bonds. The van der Waals surface area contributed by atoms with E-state index in [1.165, 1.54) is 6.20 Å². The predicted molar refractivity (Wildman–Crippen MR) is 81.1 cm³/mol. The summed E-state index contributed by atoms with van der Waals surface area (Å²) in [4.78, 5) is 4.08. The van der Waals surface area contributed by atoms with Gasteiger partial charge in [0.15, 0.2) is 9.34 Å². The maximum absolute atomic E-state index is 11.3. The van der Waals surface area contributed by atoms with Crippen LogP contribution in [0.3, 0.4) is 0 Å². The molecule has 0 aliphatic heterocycles. The first-order valence-corrected chi connectivity index (χ1v) is 8.54. The minimum absolute atomic E-state index is 0.0653. The molecule has 1 aromatic heterocycles. The Balaban J connectivity index is 2.24. The van der Waals surface area contributed by atoms with Crippen LogP contribution in [0, 0.1) is 5.92 Å². The Morgan fingerprint density at radius 1 is 1.25 bits per heavy atom.